The summed E-state index contributed by atoms with van der Waals surface area (Å²) in [5.74, 6) is -0.0906. The monoisotopic (exact) mass is 529 g/mol. The molecule has 10 heteroatoms. The van der Waals surface area contributed by atoms with Gasteiger partial charge in [-0.2, -0.15) is 4.31 Å². The van der Waals surface area contributed by atoms with Crippen LogP contribution in [0, 0.1) is 0 Å². The highest BCUT2D eigenvalue weighted by Crippen LogP contribution is 2.32. The van der Waals surface area contributed by atoms with Crippen molar-refractivity contribution in [2.75, 3.05) is 24.7 Å². The van der Waals surface area contributed by atoms with E-state index in [1.165, 1.54) is 4.31 Å². The molecule has 2 aliphatic rings. The van der Waals surface area contributed by atoms with Crippen LogP contribution in [0.25, 0.3) is 0 Å². The van der Waals surface area contributed by atoms with E-state index in [0.29, 0.717) is 28.4 Å². The van der Waals surface area contributed by atoms with Gasteiger partial charge in [-0.15, -0.1) is 0 Å². The molecule has 2 saturated heterocycles. The summed E-state index contributed by atoms with van der Waals surface area (Å²) in [6, 6.07) is 4.43. The molecule has 0 bridgehead atoms. The van der Waals surface area contributed by atoms with Gasteiger partial charge in [0.1, 0.15) is 0 Å². The third kappa shape index (κ3) is 4.70. The van der Waals surface area contributed by atoms with Crippen LogP contribution in [0.5, 0.6) is 0 Å². The number of nitrogens with zero attached hydrogens (tertiary/aromatic N) is 1. The fourth-order valence-corrected chi connectivity index (χ4v) is 8.41. The molecule has 0 N–H and O–H groups in total. The number of halogens is 2. The Labute approximate surface area is 171 Å². The summed E-state index contributed by atoms with van der Waals surface area (Å²) in [7, 11) is -7.04. The Kier molecular flexibility index (Phi) is 6.51. The molecule has 6 nitrogen and oxygen atoms in total. The molecular formula is C16H21Br2NO5S2. The van der Waals surface area contributed by atoms with Crippen molar-refractivity contribution in [1.29, 1.82) is 0 Å². The van der Waals surface area contributed by atoms with Crippen molar-refractivity contribution in [3.05, 3.63) is 27.1 Å². The van der Waals surface area contributed by atoms with Gasteiger partial charge >= 0.3 is 0 Å². The van der Waals surface area contributed by atoms with Crippen molar-refractivity contribution >= 4 is 51.7 Å². The summed E-state index contributed by atoms with van der Waals surface area (Å²) < 4.78 is 58.6. The van der Waals surface area contributed by atoms with Crippen molar-refractivity contribution < 1.29 is 21.6 Å². The van der Waals surface area contributed by atoms with E-state index in [0.717, 1.165) is 12.8 Å². The number of hydrogen-bond acceptors (Lipinski definition) is 5. The molecule has 1 aromatic rings. The predicted octanol–water partition coefficient (Wildman–Crippen LogP) is 2.96. The highest BCUT2D eigenvalue weighted by Gasteiger charge is 2.39. The van der Waals surface area contributed by atoms with Crippen LogP contribution in [0.2, 0.25) is 0 Å². The first-order valence-corrected chi connectivity index (χ1v) is 13.3. The summed E-state index contributed by atoms with van der Waals surface area (Å²) in [6.45, 7) is 0.957. The van der Waals surface area contributed by atoms with Crippen LogP contribution >= 0.6 is 31.9 Å². The van der Waals surface area contributed by atoms with Crippen LogP contribution in [0.15, 0.2) is 32.0 Å². The quantitative estimate of drug-likeness (QED) is 0.564. The number of sulfone groups is 1. The summed E-state index contributed by atoms with van der Waals surface area (Å²) in [5.41, 5.74) is 0. The van der Waals surface area contributed by atoms with Crippen LogP contribution in [0.3, 0.4) is 0 Å². The minimum atomic E-state index is -3.84. The molecule has 2 heterocycles. The van der Waals surface area contributed by atoms with Crippen LogP contribution in [-0.4, -0.2) is 57.9 Å². The smallest absolute Gasteiger partial charge is 0.244 e. The zero-order valence-electron chi connectivity index (χ0n) is 14.1. The maximum absolute atomic E-state index is 13.3. The number of hydrogen-bond donors (Lipinski definition) is 0. The Balaban J connectivity index is 1.91. The highest BCUT2D eigenvalue weighted by molar-refractivity contribution is 9.11. The van der Waals surface area contributed by atoms with Crippen LogP contribution in [-0.2, 0) is 24.6 Å². The van der Waals surface area contributed by atoms with Crippen LogP contribution in [0.4, 0.5) is 0 Å². The van der Waals surface area contributed by atoms with E-state index >= 15 is 0 Å². The Hall–Kier alpha value is -0.000000000000000111. The van der Waals surface area contributed by atoms with Gasteiger partial charge in [-0.25, -0.2) is 16.8 Å². The molecule has 146 valence electrons. The Bertz CT molecular complexity index is 867. The average Bonchev–Trinajstić information content (AvgIpc) is 3.19. The Morgan fingerprint density at radius 1 is 1.23 bits per heavy atom. The Morgan fingerprint density at radius 2 is 2.00 bits per heavy atom. The molecule has 0 spiro atoms. The summed E-state index contributed by atoms with van der Waals surface area (Å²) in [4.78, 5) is 0.142. The van der Waals surface area contributed by atoms with Crippen molar-refractivity contribution in [3.8, 4) is 0 Å². The van der Waals surface area contributed by atoms with Crippen molar-refractivity contribution in [1.82, 2.24) is 4.31 Å². The normalized spacial score (nSPS) is 25.8. The minimum Gasteiger partial charge on any atom is -0.378 e. The van der Waals surface area contributed by atoms with Crippen molar-refractivity contribution in [2.45, 2.75) is 42.7 Å². The highest BCUT2D eigenvalue weighted by atomic mass is 79.9. The second kappa shape index (κ2) is 8.16. The fraction of sp³-hybridized carbons (Fsp3) is 0.625. The van der Waals surface area contributed by atoms with E-state index in [-0.39, 0.29) is 29.0 Å². The molecule has 1 aromatic carbocycles. The molecule has 26 heavy (non-hydrogen) atoms. The van der Waals surface area contributed by atoms with Crippen LogP contribution < -0.4 is 0 Å². The number of sulfonamides is 1. The molecule has 0 amide bonds. The van der Waals surface area contributed by atoms with Gasteiger partial charge in [0.25, 0.3) is 0 Å². The van der Waals surface area contributed by atoms with E-state index in [1.54, 1.807) is 18.2 Å². The first-order chi connectivity index (χ1) is 12.2. The van der Waals surface area contributed by atoms with E-state index in [2.05, 4.69) is 31.9 Å². The summed E-state index contributed by atoms with van der Waals surface area (Å²) in [5, 5.41) is 0. The van der Waals surface area contributed by atoms with Gasteiger partial charge in [-0.05, 0) is 59.8 Å². The second-order valence-corrected chi connectivity index (χ2v) is 12.5. The van der Waals surface area contributed by atoms with Gasteiger partial charge < -0.3 is 4.74 Å². The van der Waals surface area contributed by atoms with Gasteiger partial charge in [0.2, 0.25) is 10.0 Å². The molecule has 0 saturated carbocycles. The second-order valence-electron chi connectivity index (χ2n) is 6.67. The maximum Gasteiger partial charge on any atom is 0.244 e. The van der Waals surface area contributed by atoms with Gasteiger partial charge in [0, 0.05) is 28.1 Å². The molecule has 0 unspecified atom stereocenters. The molecule has 2 atom stereocenters. The van der Waals surface area contributed by atoms with E-state index in [9.17, 15) is 16.8 Å². The summed E-state index contributed by atoms with van der Waals surface area (Å²) >= 11 is 6.63. The third-order valence-corrected chi connectivity index (χ3v) is 9.98. The van der Waals surface area contributed by atoms with Gasteiger partial charge in [0.15, 0.2) is 9.84 Å². The van der Waals surface area contributed by atoms with E-state index in [4.69, 9.17) is 4.74 Å². The average molecular weight is 531 g/mol. The third-order valence-electron chi connectivity index (χ3n) is 4.79. The van der Waals surface area contributed by atoms with Crippen molar-refractivity contribution in [3.63, 3.8) is 0 Å². The maximum atomic E-state index is 13.3. The van der Waals surface area contributed by atoms with Gasteiger partial charge in [0.05, 0.1) is 22.5 Å². The molecule has 0 aliphatic carbocycles. The minimum absolute atomic E-state index is 0.0310. The van der Waals surface area contributed by atoms with Crippen molar-refractivity contribution in [2.24, 2.45) is 0 Å². The zero-order chi connectivity index (χ0) is 18.9. The molecule has 0 aromatic heterocycles. The summed E-state index contributed by atoms with van der Waals surface area (Å²) in [6.07, 6.45) is 2.83. The lowest BCUT2D eigenvalue weighted by molar-refractivity contribution is 0.0974. The molecule has 0 radical (unpaired) electrons. The molecule has 2 fully saturated rings. The lowest BCUT2D eigenvalue weighted by Crippen LogP contribution is -2.42. The fourth-order valence-electron chi connectivity index (χ4n) is 3.45. The Morgan fingerprint density at radius 3 is 2.62 bits per heavy atom. The van der Waals surface area contributed by atoms with E-state index in [1.807, 2.05) is 0 Å². The standard InChI is InChI=1S/C16H21Br2NO5S2/c17-12-3-4-15(18)16(10-12)26(22,23)19(7-5-14-2-1-8-24-14)13-6-9-25(20,21)11-13/h3-4,10,13-14H,1-2,5-9,11H2/t13-,14-/m1/s1. The largest absolute Gasteiger partial charge is 0.378 e. The van der Waals surface area contributed by atoms with E-state index < -0.39 is 25.9 Å². The zero-order valence-corrected chi connectivity index (χ0v) is 18.9. The SMILES string of the molecule is O=S1(=O)CC[C@@H](N(CC[C@H]2CCCO2)S(=O)(=O)c2cc(Br)ccc2Br)C1. The lowest BCUT2D eigenvalue weighted by atomic mass is 10.1. The molecule has 2 aliphatic heterocycles. The topological polar surface area (TPSA) is 80.8 Å². The number of rotatable bonds is 6. The first kappa shape index (κ1) is 20.7. The first-order valence-electron chi connectivity index (χ1n) is 8.48. The molecular weight excluding hydrogens is 510 g/mol. The van der Waals surface area contributed by atoms with Crippen LogP contribution in [0.1, 0.15) is 25.7 Å². The lowest BCUT2D eigenvalue weighted by Gasteiger charge is -2.28. The van der Waals surface area contributed by atoms with Gasteiger partial charge in [-0.3, -0.25) is 0 Å². The van der Waals surface area contributed by atoms with Gasteiger partial charge in [-0.1, -0.05) is 15.9 Å². The number of benzene rings is 1. The predicted molar refractivity (Wildman–Crippen MR) is 106 cm³/mol. The number of ether oxygens (including phenoxy) is 1. The molecule has 3 rings (SSSR count).